The van der Waals surface area contributed by atoms with Crippen molar-refractivity contribution < 1.29 is 8.94 Å². The van der Waals surface area contributed by atoms with Gasteiger partial charge in [0.15, 0.2) is 11.7 Å². The number of hydrogen-bond donors (Lipinski definition) is 0. The third-order valence-electron chi connectivity index (χ3n) is 3.91. The van der Waals surface area contributed by atoms with E-state index in [0.29, 0.717) is 30.6 Å². The second-order valence-electron chi connectivity index (χ2n) is 6.17. The van der Waals surface area contributed by atoms with Gasteiger partial charge in [-0.15, -0.1) is 0 Å². The Kier molecular flexibility index (Phi) is 4.30. The van der Waals surface area contributed by atoms with E-state index in [1.165, 1.54) is 0 Å². The standard InChI is InChI=1S/C18H18N6O2/c1-12(2)18-21-14(11-25-18)17-20-7-9-24(17)8-5-15-22-16(23-26-15)13-4-3-6-19-10-13/h3-4,6-7,9-12H,5,8H2,1-2H3. The van der Waals surface area contributed by atoms with Gasteiger partial charge in [-0.2, -0.15) is 4.98 Å². The van der Waals surface area contributed by atoms with E-state index in [4.69, 9.17) is 8.94 Å². The van der Waals surface area contributed by atoms with Crippen molar-refractivity contribution in [3.05, 3.63) is 55.0 Å². The van der Waals surface area contributed by atoms with Crippen molar-refractivity contribution in [2.45, 2.75) is 32.7 Å². The molecule has 8 nitrogen and oxygen atoms in total. The molecule has 0 unspecified atom stereocenters. The van der Waals surface area contributed by atoms with Gasteiger partial charge in [0.05, 0.1) is 0 Å². The summed E-state index contributed by atoms with van der Waals surface area (Å²) >= 11 is 0. The second-order valence-corrected chi connectivity index (χ2v) is 6.17. The summed E-state index contributed by atoms with van der Waals surface area (Å²) in [5, 5.41) is 4.01. The first-order valence-electron chi connectivity index (χ1n) is 8.40. The lowest BCUT2D eigenvalue weighted by Gasteiger charge is -2.03. The zero-order valence-corrected chi connectivity index (χ0v) is 14.5. The summed E-state index contributed by atoms with van der Waals surface area (Å²) in [6.45, 7) is 4.73. The molecule has 0 fully saturated rings. The minimum Gasteiger partial charge on any atom is -0.448 e. The SMILES string of the molecule is CC(C)c1nc(-c2nccn2CCc2nc(-c3cccnc3)no2)co1. The van der Waals surface area contributed by atoms with Gasteiger partial charge in [-0.05, 0) is 12.1 Å². The molecule has 0 N–H and O–H groups in total. The lowest BCUT2D eigenvalue weighted by Crippen LogP contribution is -2.03. The van der Waals surface area contributed by atoms with Crippen LogP contribution in [0.25, 0.3) is 22.9 Å². The van der Waals surface area contributed by atoms with Crippen molar-refractivity contribution in [2.75, 3.05) is 0 Å². The van der Waals surface area contributed by atoms with E-state index in [1.54, 1.807) is 24.9 Å². The minimum atomic E-state index is 0.233. The van der Waals surface area contributed by atoms with E-state index in [0.717, 1.165) is 17.1 Å². The lowest BCUT2D eigenvalue weighted by atomic mass is 10.2. The minimum absolute atomic E-state index is 0.233. The van der Waals surface area contributed by atoms with E-state index < -0.39 is 0 Å². The molecule has 0 radical (unpaired) electrons. The first kappa shape index (κ1) is 16.2. The smallest absolute Gasteiger partial charge is 0.228 e. The average Bonchev–Trinajstić information content (AvgIpc) is 3.39. The van der Waals surface area contributed by atoms with Crippen molar-refractivity contribution in [2.24, 2.45) is 0 Å². The van der Waals surface area contributed by atoms with Gasteiger partial charge in [0.2, 0.25) is 11.7 Å². The summed E-state index contributed by atoms with van der Waals surface area (Å²) in [4.78, 5) is 17.4. The Morgan fingerprint density at radius 1 is 1.19 bits per heavy atom. The summed E-state index contributed by atoms with van der Waals surface area (Å²) in [5.74, 6) is 2.79. The summed E-state index contributed by atoms with van der Waals surface area (Å²) in [6, 6.07) is 3.74. The van der Waals surface area contributed by atoms with Crippen LogP contribution >= 0.6 is 0 Å². The lowest BCUT2D eigenvalue weighted by molar-refractivity contribution is 0.372. The second kappa shape index (κ2) is 6.91. The monoisotopic (exact) mass is 350 g/mol. The Balaban J connectivity index is 1.48. The number of nitrogens with zero attached hydrogens (tertiary/aromatic N) is 6. The molecule has 4 aromatic rings. The Labute approximate surface area is 149 Å². The van der Waals surface area contributed by atoms with E-state index in [2.05, 4.69) is 25.1 Å². The van der Waals surface area contributed by atoms with Gasteiger partial charge in [-0.25, -0.2) is 9.97 Å². The highest BCUT2D eigenvalue weighted by Gasteiger charge is 2.15. The van der Waals surface area contributed by atoms with Crippen molar-refractivity contribution in [1.82, 2.24) is 29.7 Å². The fourth-order valence-corrected chi connectivity index (χ4v) is 2.56. The van der Waals surface area contributed by atoms with E-state index in [9.17, 15) is 0 Å². The van der Waals surface area contributed by atoms with Crippen LogP contribution in [0.15, 0.2) is 52.1 Å². The van der Waals surface area contributed by atoms with Crippen LogP contribution < -0.4 is 0 Å². The third-order valence-corrected chi connectivity index (χ3v) is 3.91. The molecule has 0 bridgehead atoms. The molecule has 26 heavy (non-hydrogen) atoms. The molecule has 8 heteroatoms. The van der Waals surface area contributed by atoms with Gasteiger partial charge in [-0.3, -0.25) is 4.98 Å². The van der Waals surface area contributed by atoms with Gasteiger partial charge in [0.25, 0.3) is 0 Å². The Hall–Kier alpha value is -3.29. The maximum Gasteiger partial charge on any atom is 0.228 e. The summed E-state index contributed by atoms with van der Waals surface area (Å²) < 4.78 is 12.8. The normalized spacial score (nSPS) is 11.3. The van der Waals surface area contributed by atoms with Crippen molar-refractivity contribution in [3.8, 4) is 22.9 Å². The molecule has 0 aliphatic heterocycles. The molecular weight excluding hydrogens is 332 g/mol. The predicted molar refractivity (Wildman–Crippen MR) is 93.0 cm³/mol. The molecule has 0 saturated carbocycles. The average molecular weight is 350 g/mol. The van der Waals surface area contributed by atoms with Gasteiger partial charge in [0.1, 0.15) is 12.0 Å². The van der Waals surface area contributed by atoms with Crippen LogP contribution in [-0.4, -0.2) is 29.7 Å². The molecule has 4 aromatic heterocycles. The molecule has 4 rings (SSSR count). The molecular formula is C18H18N6O2. The van der Waals surface area contributed by atoms with E-state index >= 15 is 0 Å². The van der Waals surface area contributed by atoms with Gasteiger partial charge >= 0.3 is 0 Å². The van der Waals surface area contributed by atoms with Crippen molar-refractivity contribution >= 4 is 0 Å². The maximum absolute atomic E-state index is 5.51. The van der Waals surface area contributed by atoms with Crippen LogP contribution in [0.5, 0.6) is 0 Å². The van der Waals surface area contributed by atoms with Crippen molar-refractivity contribution in [1.29, 1.82) is 0 Å². The number of aryl methyl sites for hydroxylation is 2. The number of oxazole rings is 1. The first-order chi connectivity index (χ1) is 12.7. The highest BCUT2D eigenvalue weighted by atomic mass is 16.5. The number of hydrogen-bond acceptors (Lipinski definition) is 7. The number of imidazole rings is 1. The van der Waals surface area contributed by atoms with Gasteiger partial charge in [-0.1, -0.05) is 19.0 Å². The molecule has 0 aromatic carbocycles. The largest absolute Gasteiger partial charge is 0.448 e. The number of rotatable bonds is 6. The number of aromatic nitrogens is 6. The van der Waals surface area contributed by atoms with Gasteiger partial charge < -0.3 is 13.5 Å². The zero-order chi connectivity index (χ0) is 17.9. The van der Waals surface area contributed by atoms with E-state index in [-0.39, 0.29) is 5.92 Å². The molecule has 132 valence electrons. The molecule has 0 amide bonds. The highest BCUT2D eigenvalue weighted by molar-refractivity contribution is 5.51. The quantitative estimate of drug-likeness (QED) is 0.526. The predicted octanol–water partition coefficient (Wildman–Crippen LogP) is 3.35. The van der Waals surface area contributed by atoms with Crippen molar-refractivity contribution in [3.63, 3.8) is 0 Å². The van der Waals surface area contributed by atoms with Crippen LogP contribution in [0.3, 0.4) is 0 Å². The fourth-order valence-electron chi connectivity index (χ4n) is 2.56. The van der Waals surface area contributed by atoms with E-state index in [1.807, 2.05) is 36.7 Å². The Morgan fingerprint density at radius 3 is 2.88 bits per heavy atom. The molecule has 4 heterocycles. The van der Waals surface area contributed by atoms with Crippen LogP contribution in [0.4, 0.5) is 0 Å². The topological polar surface area (TPSA) is 95.7 Å². The molecule has 0 aliphatic rings. The highest BCUT2D eigenvalue weighted by Crippen LogP contribution is 2.21. The first-order valence-corrected chi connectivity index (χ1v) is 8.40. The zero-order valence-electron chi connectivity index (χ0n) is 14.5. The Morgan fingerprint density at radius 2 is 2.12 bits per heavy atom. The fraction of sp³-hybridized carbons (Fsp3) is 0.278. The van der Waals surface area contributed by atoms with Crippen LogP contribution in [-0.2, 0) is 13.0 Å². The molecule has 0 aliphatic carbocycles. The Bertz CT molecular complexity index is 986. The number of pyridine rings is 1. The summed E-state index contributed by atoms with van der Waals surface area (Å²) in [6.07, 6.45) is 9.29. The van der Waals surface area contributed by atoms with Crippen LogP contribution in [0.2, 0.25) is 0 Å². The molecule has 0 atom stereocenters. The van der Waals surface area contributed by atoms with Gasteiger partial charge in [0, 0.05) is 49.2 Å². The molecule has 0 saturated heterocycles. The summed E-state index contributed by atoms with van der Waals surface area (Å²) in [5.41, 5.74) is 1.55. The summed E-state index contributed by atoms with van der Waals surface area (Å²) in [7, 11) is 0. The maximum atomic E-state index is 5.51. The third kappa shape index (κ3) is 3.26. The van der Waals surface area contributed by atoms with Crippen LogP contribution in [0, 0.1) is 0 Å². The molecule has 0 spiro atoms. The van der Waals surface area contributed by atoms with Crippen LogP contribution in [0.1, 0.15) is 31.5 Å².